The second-order valence-electron chi connectivity index (χ2n) is 4.18. The van der Waals surface area contributed by atoms with Crippen LogP contribution < -0.4 is 10.1 Å². The molecule has 2 rings (SSSR count). The minimum absolute atomic E-state index is 0.568. The van der Waals surface area contributed by atoms with Crippen molar-refractivity contribution in [3.05, 3.63) is 59.1 Å². The summed E-state index contributed by atoms with van der Waals surface area (Å²) in [7, 11) is 0. The Labute approximate surface area is 128 Å². The molecule has 1 N–H and O–H groups in total. The number of ether oxygens (including phenoxy) is 2. The third kappa shape index (κ3) is 5.23. The van der Waals surface area contributed by atoms with Crippen LogP contribution in [-0.4, -0.2) is 26.4 Å². The third-order valence-corrected chi connectivity index (χ3v) is 3.37. The molecule has 2 aromatic rings. The maximum absolute atomic E-state index is 5.54. The van der Waals surface area contributed by atoms with Crippen molar-refractivity contribution in [2.75, 3.05) is 31.7 Å². The first kappa shape index (κ1) is 14.9. The summed E-state index contributed by atoms with van der Waals surface area (Å²) in [6.07, 6.45) is 0. The molecule has 106 valence electrons. The van der Waals surface area contributed by atoms with Gasteiger partial charge in [0.15, 0.2) is 0 Å². The predicted octanol–water partition coefficient (Wildman–Crippen LogP) is 3.96. The van der Waals surface area contributed by atoms with Crippen molar-refractivity contribution in [3.8, 4) is 5.75 Å². The normalized spacial score (nSPS) is 10.2. The smallest absolute Gasteiger partial charge is 0.119 e. The summed E-state index contributed by atoms with van der Waals surface area (Å²) in [5, 5.41) is 3.31. The molecule has 0 radical (unpaired) electrons. The molecule has 0 amide bonds. The maximum Gasteiger partial charge on any atom is 0.119 e. The van der Waals surface area contributed by atoms with Crippen molar-refractivity contribution in [1.82, 2.24) is 0 Å². The lowest BCUT2D eigenvalue weighted by Gasteiger charge is -2.09. The molecule has 0 saturated carbocycles. The lowest BCUT2D eigenvalue weighted by atomic mass is 10.3. The predicted molar refractivity (Wildman–Crippen MR) is 85.4 cm³/mol. The van der Waals surface area contributed by atoms with E-state index in [1.807, 2.05) is 54.6 Å². The van der Waals surface area contributed by atoms with E-state index in [2.05, 4.69) is 21.2 Å². The first-order chi connectivity index (χ1) is 9.86. The number of halogens is 1. The Hall–Kier alpha value is -1.52. The average Bonchev–Trinajstić information content (AvgIpc) is 2.49. The second-order valence-corrected chi connectivity index (χ2v) is 5.03. The lowest BCUT2D eigenvalue weighted by molar-refractivity contribution is 0.107. The molecule has 0 heterocycles. The number of rotatable bonds is 8. The quantitative estimate of drug-likeness (QED) is 0.741. The van der Waals surface area contributed by atoms with Crippen LogP contribution >= 0.6 is 15.9 Å². The molecule has 2 aromatic carbocycles. The van der Waals surface area contributed by atoms with E-state index >= 15 is 0 Å². The van der Waals surface area contributed by atoms with Crippen LogP contribution in [0.1, 0.15) is 0 Å². The van der Waals surface area contributed by atoms with E-state index in [0.717, 1.165) is 22.5 Å². The fourth-order valence-corrected chi connectivity index (χ4v) is 2.12. The molecule has 0 spiro atoms. The highest BCUT2D eigenvalue weighted by atomic mass is 79.9. The van der Waals surface area contributed by atoms with Gasteiger partial charge in [-0.25, -0.2) is 0 Å². The van der Waals surface area contributed by atoms with Gasteiger partial charge in [0, 0.05) is 16.7 Å². The third-order valence-electron chi connectivity index (χ3n) is 2.68. The number of hydrogen-bond acceptors (Lipinski definition) is 3. The highest BCUT2D eigenvalue weighted by Gasteiger charge is 1.97. The Bertz CT molecular complexity index is 505. The van der Waals surface area contributed by atoms with Gasteiger partial charge in [-0.15, -0.1) is 0 Å². The molecule has 20 heavy (non-hydrogen) atoms. The Morgan fingerprint density at radius 2 is 1.60 bits per heavy atom. The van der Waals surface area contributed by atoms with Crippen molar-refractivity contribution in [2.45, 2.75) is 0 Å². The van der Waals surface area contributed by atoms with E-state index < -0.39 is 0 Å². The molecule has 0 aromatic heterocycles. The molecule has 0 bridgehead atoms. The molecule has 0 aliphatic heterocycles. The second kappa shape index (κ2) is 8.61. The average molecular weight is 336 g/mol. The first-order valence-electron chi connectivity index (χ1n) is 6.60. The number of para-hydroxylation sites is 2. The minimum atomic E-state index is 0.568. The Morgan fingerprint density at radius 3 is 2.40 bits per heavy atom. The van der Waals surface area contributed by atoms with Gasteiger partial charge in [-0.05, 0) is 40.2 Å². The largest absolute Gasteiger partial charge is 0.491 e. The van der Waals surface area contributed by atoms with E-state index in [1.54, 1.807) is 0 Å². The highest BCUT2D eigenvalue weighted by Crippen LogP contribution is 2.20. The van der Waals surface area contributed by atoms with Gasteiger partial charge in [0.1, 0.15) is 12.4 Å². The van der Waals surface area contributed by atoms with Crippen LogP contribution in [-0.2, 0) is 4.74 Å². The zero-order valence-electron chi connectivity index (χ0n) is 11.2. The maximum atomic E-state index is 5.54. The number of benzene rings is 2. The van der Waals surface area contributed by atoms with E-state index in [1.165, 1.54) is 0 Å². The summed E-state index contributed by atoms with van der Waals surface area (Å²) in [4.78, 5) is 0. The van der Waals surface area contributed by atoms with Gasteiger partial charge in [0.05, 0.1) is 13.2 Å². The number of nitrogens with one attached hydrogen (secondary N) is 1. The molecule has 3 nitrogen and oxygen atoms in total. The lowest BCUT2D eigenvalue weighted by Crippen LogP contribution is -2.13. The summed E-state index contributed by atoms with van der Waals surface area (Å²) in [5.41, 5.74) is 1.08. The zero-order valence-corrected chi connectivity index (χ0v) is 12.8. The molecular formula is C16H18BrNO2. The minimum Gasteiger partial charge on any atom is -0.491 e. The molecule has 0 saturated heterocycles. The fourth-order valence-electron chi connectivity index (χ4n) is 1.70. The Balaban J connectivity index is 1.53. The van der Waals surface area contributed by atoms with Crippen LogP contribution in [0, 0.1) is 0 Å². The topological polar surface area (TPSA) is 30.5 Å². The van der Waals surface area contributed by atoms with Crippen LogP contribution in [0.3, 0.4) is 0 Å². The summed E-state index contributed by atoms with van der Waals surface area (Å²) < 4.78 is 12.1. The molecule has 0 unspecified atom stereocenters. The summed E-state index contributed by atoms with van der Waals surface area (Å²) in [6, 6.07) is 17.8. The Morgan fingerprint density at radius 1 is 0.850 bits per heavy atom. The zero-order chi connectivity index (χ0) is 14.0. The summed E-state index contributed by atoms with van der Waals surface area (Å²) in [5.74, 6) is 0.877. The van der Waals surface area contributed by atoms with Gasteiger partial charge in [0.2, 0.25) is 0 Å². The number of anilines is 1. The molecule has 0 atom stereocenters. The van der Waals surface area contributed by atoms with E-state index in [9.17, 15) is 0 Å². The van der Waals surface area contributed by atoms with Gasteiger partial charge < -0.3 is 14.8 Å². The first-order valence-corrected chi connectivity index (χ1v) is 7.39. The van der Waals surface area contributed by atoms with Crippen molar-refractivity contribution in [3.63, 3.8) is 0 Å². The molecule has 4 heteroatoms. The molecular weight excluding hydrogens is 318 g/mol. The standard InChI is InChI=1S/C16H18BrNO2/c17-15-8-4-5-9-16(15)18-10-11-19-12-13-20-14-6-2-1-3-7-14/h1-9,18H,10-13H2. The van der Waals surface area contributed by atoms with E-state index in [4.69, 9.17) is 9.47 Å². The monoisotopic (exact) mass is 335 g/mol. The van der Waals surface area contributed by atoms with Crippen LogP contribution in [0.5, 0.6) is 5.75 Å². The van der Waals surface area contributed by atoms with Crippen LogP contribution in [0.2, 0.25) is 0 Å². The van der Waals surface area contributed by atoms with Gasteiger partial charge in [-0.2, -0.15) is 0 Å². The summed E-state index contributed by atoms with van der Waals surface area (Å²) >= 11 is 3.49. The van der Waals surface area contributed by atoms with Gasteiger partial charge in [0.25, 0.3) is 0 Å². The number of hydrogen-bond donors (Lipinski definition) is 1. The summed E-state index contributed by atoms with van der Waals surface area (Å²) in [6.45, 7) is 2.58. The van der Waals surface area contributed by atoms with Crippen LogP contribution in [0.15, 0.2) is 59.1 Å². The van der Waals surface area contributed by atoms with Crippen molar-refractivity contribution in [2.24, 2.45) is 0 Å². The van der Waals surface area contributed by atoms with E-state index in [-0.39, 0.29) is 0 Å². The van der Waals surface area contributed by atoms with Gasteiger partial charge in [-0.3, -0.25) is 0 Å². The van der Waals surface area contributed by atoms with Crippen LogP contribution in [0.4, 0.5) is 5.69 Å². The van der Waals surface area contributed by atoms with Crippen molar-refractivity contribution in [1.29, 1.82) is 0 Å². The fraction of sp³-hybridized carbons (Fsp3) is 0.250. The SMILES string of the molecule is Brc1ccccc1NCCOCCOc1ccccc1. The molecule has 0 aliphatic carbocycles. The van der Waals surface area contributed by atoms with Crippen molar-refractivity contribution >= 4 is 21.6 Å². The van der Waals surface area contributed by atoms with Gasteiger partial charge in [-0.1, -0.05) is 30.3 Å². The Kier molecular flexibility index (Phi) is 6.41. The molecule has 0 fully saturated rings. The van der Waals surface area contributed by atoms with E-state index in [0.29, 0.717) is 19.8 Å². The molecule has 0 aliphatic rings. The van der Waals surface area contributed by atoms with Crippen LogP contribution in [0.25, 0.3) is 0 Å². The highest BCUT2D eigenvalue weighted by molar-refractivity contribution is 9.10. The van der Waals surface area contributed by atoms with Crippen molar-refractivity contribution < 1.29 is 9.47 Å². The van der Waals surface area contributed by atoms with Gasteiger partial charge >= 0.3 is 0 Å².